The number of ether oxygens (including phenoxy) is 1. The molecule has 0 saturated heterocycles. The Morgan fingerprint density at radius 1 is 1.25 bits per heavy atom. The van der Waals surface area contributed by atoms with Crippen LogP contribution in [0.2, 0.25) is 0 Å². The number of benzene rings is 1. The van der Waals surface area contributed by atoms with E-state index in [4.69, 9.17) is 10.5 Å². The number of rotatable bonds is 3. The molecule has 0 spiro atoms. The van der Waals surface area contributed by atoms with E-state index in [0.29, 0.717) is 0 Å². The van der Waals surface area contributed by atoms with Crippen LogP contribution in [0, 0.1) is 0 Å². The van der Waals surface area contributed by atoms with Gasteiger partial charge in [0.25, 0.3) is 0 Å². The smallest absolute Gasteiger partial charge is 0.134 e. The van der Waals surface area contributed by atoms with E-state index in [9.17, 15) is 0 Å². The van der Waals surface area contributed by atoms with Crippen molar-refractivity contribution in [2.75, 3.05) is 12.8 Å². The lowest BCUT2D eigenvalue weighted by Gasteiger charge is -2.21. The highest BCUT2D eigenvalue weighted by atomic mass is 32.2. The van der Waals surface area contributed by atoms with Gasteiger partial charge >= 0.3 is 0 Å². The first-order valence-electron chi connectivity index (χ1n) is 5.90. The standard InChI is InChI=1S/C13H19NOS/c1-15-12-9-10(14)7-8-13(12)16-11-5-3-2-4-6-11/h7-9,11H,2-6,14H2,1H3. The summed E-state index contributed by atoms with van der Waals surface area (Å²) in [5.74, 6) is 0.913. The molecule has 1 aromatic rings. The van der Waals surface area contributed by atoms with Crippen LogP contribution in [0.25, 0.3) is 0 Å². The Kier molecular flexibility index (Phi) is 3.99. The Balaban J connectivity index is 2.07. The van der Waals surface area contributed by atoms with Crippen LogP contribution in [0.15, 0.2) is 23.1 Å². The number of thioether (sulfide) groups is 1. The molecule has 3 heteroatoms. The minimum absolute atomic E-state index is 0.756. The average molecular weight is 237 g/mol. The molecule has 0 aliphatic heterocycles. The van der Waals surface area contributed by atoms with Crippen molar-refractivity contribution in [2.24, 2.45) is 0 Å². The third-order valence-corrected chi connectivity index (χ3v) is 4.43. The normalized spacial score (nSPS) is 17.3. The Morgan fingerprint density at radius 2 is 2.00 bits per heavy atom. The molecule has 0 atom stereocenters. The maximum absolute atomic E-state index is 5.75. The zero-order valence-electron chi connectivity index (χ0n) is 9.74. The molecule has 0 heterocycles. The minimum Gasteiger partial charge on any atom is -0.496 e. The Hall–Kier alpha value is -0.830. The Bertz CT molecular complexity index is 348. The van der Waals surface area contributed by atoms with Crippen molar-refractivity contribution in [1.82, 2.24) is 0 Å². The SMILES string of the molecule is COc1cc(N)ccc1SC1CCCCC1. The number of anilines is 1. The molecule has 2 N–H and O–H groups in total. The fourth-order valence-electron chi connectivity index (χ4n) is 2.14. The first-order valence-corrected chi connectivity index (χ1v) is 6.78. The lowest BCUT2D eigenvalue weighted by molar-refractivity contribution is 0.404. The van der Waals surface area contributed by atoms with E-state index < -0.39 is 0 Å². The molecule has 1 saturated carbocycles. The molecule has 1 fully saturated rings. The number of methoxy groups -OCH3 is 1. The van der Waals surface area contributed by atoms with E-state index in [-0.39, 0.29) is 0 Å². The molecule has 2 nitrogen and oxygen atoms in total. The van der Waals surface area contributed by atoms with E-state index in [0.717, 1.165) is 16.7 Å². The second-order valence-corrected chi connectivity index (χ2v) is 5.63. The van der Waals surface area contributed by atoms with Gasteiger partial charge in [-0.25, -0.2) is 0 Å². The van der Waals surface area contributed by atoms with Crippen molar-refractivity contribution in [3.63, 3.8) is 0 Å². The van der Waals surface area contributed by atoms with E-state index in [1.54, 1.807) is 7.11 Å². The summed E-state index contributed by atoms with van der Waals surface area (Å²) in [5, 5.41) is 0.756. The maximum Gasteiger partial charge on any atom is 0.134 e. The van der Waals surface area contributed by atoms with Crippen LogP contribution < -0.4 is 10.5 Å². The molecule has 2 rings (SSSR count). The summed E-state index contributed by atoms with van der Waals surface area (Å²) in [5.41, 5.74) is 6.52. The van der Waals surface area contributed by atoms with Gasteiger partial charge in [0.15, 0.2) is 0 Å². The molecule has 0 unspecified atom stereocenters. The van der Waals surface area contributed by atoms with E-state index in [1.807, 2.05) is 23.9 Å². The van der Waals surface area contributed by atoms with Crippen LogP contribution in [0.3, 0.4) is 0 Å². The zero-order valence-corrected chi connectivity index (χ0v) is 10.6. The van der Waals surface area contributed by atoms with Crippen molar-refractivity contribution in [3.05, 3.63) is 18.2 Å². The summed E-state index contributed by atoms with van der Waals surface area (Å²) >= 11 is 1.94. The Labute approximate surface area is 102 Å². The quantitative estimate of drug-likeness (QED) is 0.814. The fourth-order valence-corrected chi connectivity index (χ4v) is 3.48. The molecular weight excluding hydrogens is 218 g/mol. The van der Waals surface area contributed by atoms with Crippen LogP contribution in [-0.4, -0.2) is 12.4 Å². The topological polar surface area (TPSA) is 35.2 Å². The molecule has 0 bridgehead atoms. The molecule has 1 aliphatic carbocycles. The third kappa shape index (κ3) is 2.85. The average Bonchev–Trinajstić information content (AvgIpc) is 2.33. The summed E-state index contributed by atoms with van der Waals surface area (Å²) in [7, 11) is 1.71. The molecule has 0 radical (unpaired) electrons. The number of hydrogen-bond acceptors (Lipinski definition) is 3. The van der Waals surface area contributed by atoms with Gasteiger partial charge in [-0.15, -0.1) is 11.8 Å². The number of nitrogen functional groups attached to an aromatic ring is 1. The predicted octanol–water partition coefficient (Wildman–Crippen LogP) is 3.70. The van der Waals surface area contributed by atoms with E-state index in [1.165, 1.54) is 37.0 Å². The fraction of sp³-hybridized carbons (Fsp3) is 0.538. The van der Waals surface area contributed by atoms with Crippen molar-refractivity contribution >= 4 is 17.4 Å². The van der Waals surface area contributed by atoms with Gasteiger partial charge in [-0.2, -0.15) is 0 Å². The highest BCUT2D eigenvalue weighted by Gasteiger charge is 2.16. The van der Waals surface area contributed by atoms with Gasteiger partial charge in [0.2, 0.25) is 0 Å². The van der Waals surface area contributed by atoms with Crippen LogP contribution in [-0.2, 0) is 0 Å². The molecular formula is C13H19NOS. The summed E-state index contributed by atoms with van der Waals surface area (Å²) in [6.07, 6.45) is 6.80. The van der Waals surface area contributed by atoms with Gasteiger partial charge in [-0.3, -0.25) is 0 Å². The first-order chi connectivity index (χ1) is 7.79. The van der Waals surface area contributed by atoms with Crippen molar-refractivity contribution < 1.29 is 4.74 Å². The maximum atomic E-state index is 5.75. The molecule has 0 aromatic heterocycles. The Morgan fingerprint density at radius 3 is 2.69 bits per heavy atom. The highest BCUT2D eigenvalue weighted by Crippen LogP contribution is 2.38. The van der Waals surface area contributed by atoms with Crippen molar-refractivity contribution in [1.29, 1.82) is 0 Å². The van der Waals surface area contributed by atoms with Gasteiger partial charge in [-0.1, -0.05) is 19.3 Å². The largest absolute Gasteiger partial charge is 0.496 e. The molecule has 88 valence electrons. The van der Waals surface area contributed by atoms with E-state index in [2.05, 4.69) is 6.07 Å². The predicted molar refractivity (Wildman–Crippen MR) is 70.1 cm³/mol. The highest BCUT2D eigenvalue weighted by molar-refractivity contribution is 8.00. The van der Waals surface area contributed by atoms with Gasteiger partial charge in [0, 0.05) is 21.9 Å². The first kappa shape index (κ1) is 11.6. The van der Waals surface area contributed by atoms with Crippen molar-refractivity contribution in [3.8, 4) is 5.75 Å². The lowest BCUT2D eigenvalue weighted by Crippen LogP contribution is -2.07. The second-order valence-electron chi connectivity index (χ2n) is 4.29. The van der Waals surface area contributed by atoms with Crippen molar-refractivity contribution in [2.45, 2.75) is 42.2 Å². The van der Waals surface area contributed by atoms with Crippen LogP contribution in [0.5, 0.6) is 5.75 Å². The minimum atomic E-state index is 0.756. The van der Waals surface area contributed by atoms with Gasteiger partial charge < -0.3 is 10.5 Å². The van der Waals surface area contributed by atoms with Crippen LogP contribution >= 0.6 is 11.8 Å². The second kappa shape index (κ2) is 5.48. The van der Waals surface area contributed by atoms with Gasteiger partial charge in [0.05, 0.1) is 7.11 Å². The lowest BCUT2D eigenvalue weighted by atomic mass is 10.0. The van der Waals surface area contributed by atoms with Gasteiger partial charge in [0.1, 0.15) is 5.75 Å². The number of nitrogens with two attached hydrogens (primary N) is 1. The van der Waals surface area contributed by atoms with Crippen LogP contribution in [0.4, 0.5) is 5.69 Å². The van der Waals surface area contributed by atoms with E-state index >= 15 is 0 Å². The summed E-state index contributed by atoms with van der Waals surface area (Å²) in [6, 6.07) is 5.94. The third-order valence-electron chi connectivity index (χ3n) is 3.03. The summed E-state index contributed by atoms with van der Waals surface area (Å²) < 4.78 is 5.37. The zero-order chi connectivity index (χ0) is 11.4. The molecule has 1 aliphatic rings. The monoisotopic (exact) mass is 237 g/mol. The molecule has 1 aromatic carbocycles. The molecule has 16 heavy (non-hydrogen) atoms. The van der Waals surface area contributed by atoms with Crippen LogP contribution in [0.1, 0.15) is 32.1 Å². The van der Waals surface area contributed by atoms with Gasteiger partial charge in [-0.05, 0) is 25.0 Å². The summed E-state index contributed by atoms with van der Waals surface area (Å²) in [4.78, 5) is 1.23. The molecule has 0 amide bonds. The number of hydrogen-bond donors (Lipinski definition) is 1. The summed E-state index contributed by atoms with van der Waals surface area (Å²) in [6.45, 7) is 0.